The summed E-state index contributed by atoms with van der Waals surface area (Å²) in [7, 11) is 0. The van der Waals surface area contributed by atoms with E-state index in [1.807, 2.05) is 19.1 Å². The van der Waals surface area contributed by atoms with Crippen LogP contribution in [0.1, 0.15) is 33.8 Å². The lowest BCUT2D eigenvalue weighted by molar-refractivity contribution is 0.0956. The average Bonchev–Trinajstić information content (AvgIpc) is 3.08. The van der Waals surface area contributed by atoms with Crippen LogP contribution < -0.4 is 21.3 Å². The number of aromatic nitrogens is 1. The van der Waals surface area contributed by atoms with Gasteiger partial charge in [-0.05, 0) is 42.7 Å². The van der Waals surface area contributed by atoms with Crippen LogP contribution in [-0.4, -0.2) is 43.6 Å². The summed E-state index contributed by atoms with van der Waals surface area (Å²) in [5, 5.41) is 7.26. The Hall–Kier alpha value is -2.35. The smallest absolute Gasteiger partial charge is 0.263 e. The van der Waals surface area contributed by atoms with Gasteiger partial charge in [0.1, 0.15) is 9.71 Å². The molecule has 1 aliphatic rings. The Morgan fingerprint density at radius 3 is 2.63 bits per heavy atom. The number of rotatable bonds is 5. The lowest BCUT2D eigenvalue weighted by Gasteiger charge is -2.29. The summed E-state index contributed by atoms with van der Waals surface area (Å²) in [5.74, 6) is 0.0828. The van der Waals surface area contributed by atoms with E-state index in [1.54, 1.807) is 0 Å². The highest BCUT2D eigenvalue weighted by molar-refractivity contribution is 7.21. The fourth-order valence-electron chi connectivity index (χ4n) is 3.64. The molecule has 6 nitrogen and oxygen atoms in total. The number of halogens is 1. The first-order chi connectivity index (χ1) is 14.0. The fraction of sp³-hybridized carbons (Fsp3) is 0.364. The van der Waals surface area contributed by atoms with Gasteiger partial charge in [-0.3, -0.25) is 4.79 Å². The number of nitrogens with one attached hydrogen (secondary N) is 2. The van der Waals surface area contributed by atoms with Gasteiger partial charge in [0.25, 0.3) is 5.91 Å². The molecule has 3 heterocycles. The summed E-state index contributed by atoms with van der Waals surface area (Å²) < 4.78 is 0. The number of aryl methyl sites for hydroxylation is 1. The lowest BCUT2D eigenvalue weighted by atomic mass is 10.0. The number of benzene rings is 1. The third-order valence-electron chi connectivity index (χ3n) is 5.45. The van der Waals surface area contributed by atoms with Crippen molar-refractivity contribution in [2.45, 2.75) is 19.8 Å². The number of hydrogen-bond donors (Lipinski definition) is 3. The van der Waals surface area contributed by atoms with Gasteiger partial charge in [-0.2, -0.15) is 0 Å². The predicted molar refractivity (Wildman–Crippen MR) is 128 cm³/mol. The maximum absolute atomic E-state index is 12.7. The second-order valence-corrected chi connectivity index (χ2v) is 8.59. The van der Waals surface area contributed by atoms with E-state index in [0.29, 0.717) is 17.1 Å². The zero-order chi connectivity index (χ0) is 20.4. The zero-order valence-electron chi connectivity index (χ0n) is 17.3. The summed E-state index contributed by atoms with van der Waals surface area (Å²) in [5.41, 5.74) is 10.1. The van der Waals surface area contributed by atoms with E-state index in [2.05, 4.69) is 51.7 Å². The van der Waals surface area contributed by atoms with Gasteiger partial charge in [0, 0.05) is 49.5 Å². The number of fused-ring (bicyclic) bond motifs is 1. The van der Waals surface area contributed by atoms with Crippen molar-refractivity contribution in [2.24, 2.45) is 0 Å². The third kappa shape index (κ3) is 4.69. The van der Waals surface area contributed by atoms with Gasteiger partial charge in [-0.15, -0.1) is 23.7 Å². The fourth-order valence-corrected chi connectivity index (χ4v) is 4.69. The Morgan fingerprint density at radius 1 is 1.23 bits per heavy atom. The van der Waals surface area contributed by atoms with Gasteiger partial charge in [0.05, 0.1) is 5.69 Å². The summed E-state index contributed by atoms with van der Waals surface area (Å²) in [4.78, 5) is 20.9. The number of nitrogens with two attached hydrogens (primary N) is 1. The van der Waals surface area contributed by atoms with Gasteiger partial charge >= 0.3 is 0 Å². The Morgan fingerprint density at radius 2 is 1.93 bits per heavy atom. The molecule has 30 heavy (non-hydrogen) atoms. The molecule has 1 saturated heterocycles. The molecule has 1 aliphatic heterocycles. The first kappa shape index (κ1) is 22.3. The molecule has 4 N–H and O–H groups in total. The summed E-state index contributed by atoms with van der Waals surface area (Å²) in [6.07, 6.45) is 0. The lowest BCUT2D eigenvalue weighted by Crippen LogP contribution is -2.43. The molecule has 0 aliphatic carbocycles. The Kier molecular flexibility index (Phi) is 7.18. The highest BCUT2D eigenvalue weighted by Gasteiger charge is 2.18. The number of anilines is 2. The molecule has 8 heteroatoms. The number of carbonyl (C=O) groups is 1. The Bertz CT molecular complexity index is 1010. The number of pyridine rings is 1. The second-order valence-electron chi connectivity index (χ2n) is 7.59. The number of carbonyl (C=O) groups excluding carboxylic acids is 1. The van der Waals surface area contributed by atoms with Crippen LogP contribution in [0.3, 0.4) is 0 Å². The van der Waals surface area contributed by atoms with Gasteiger partial charge in [-0.25, -0.2) is 4.98 Å². The van der Waals surface area contributed by atoms with E-state index >= 15 is 0 Å². The van der Waals surface area contributed by atoms with Crippen LogP contribution in [0.4, 0.5) is 11.4 Å². The topological polar surface area (TPSA) is 83.3 Å². The normalized spacial score (nSPS) is 14.9. The number of hydrogen-bond acceptors (Lipinski definition) is 6. The molecule has 2 aromatic heterocycles. The Balaban J connectivity index is 0.00000256. The molecule has 0 saturated carbocycles. The minimum Gasteiger partial charge on any atom is -0.397 e. The molecule has 1 amide bonds. The maximum atomic E-state index is 12.7. The first-order valence-corrected chi connectivity index (χ1v) is 10.8. The number of nitrogen functional groups attached to an aromatic ring is 1. The van der Waals surface area contributed by atoms with E-state index in [1.165, 1.54) is 22.6 Å². The van der Waals surface area contributed by atoms with Crippen LogP contribution in [0.5, 0.6) is 0 Å². The van der Waals surface area contributed by atoms with E-state index in [9.17, 15) is 4.79 Å². The quantitative estimate of drug-likeness (QED) is 0.559. The van der Waals surface area contributed by atoms with Gasteiger partial charge in [0.2, 0.25) is 0 Å². The molecule has 1 fully saturated rings. The van der Waals surface area contributed by atoms with Crippen molar-refractivity contribution in [2.75, 3.05) is 43.4 Å². The molecule has 0 spiro atoms. The highest BCUT2D eigenvalue weighted by atomic mass is 35.5. The predicted octanol–water partition coefficient (Wildman–Crippen LogP) is 3.55. The molecule has 160 valence electrons. The van der Waals surface area contributed by atoms with Crippen LogP contribution in [0.2, 0.25) is 0 Å². The number of nitrogens with zero attached hydrogens (tertiary/aromatic N) is 2. The molecular formula is C22H28ClN5OS. The minimum atomic E-state index is -0.132. The van der Waals surface area contributed by atoms with E-state index in [0.717, 1.165) is 42.1 Å². The van der Waals surface area contributed by atoms with E-state index in [-0.39, 0.29) is 24.2 Å². The van der Waals surface area contributed by atoms with Crippen molar-refractivity contribution in [1.29, 1.82) is 0 Å². The average molecular weight is 446 g/mol. The third-order valence-corrected chi connectivity index (χ3v) is 6.57. The molecule has 0 unspecified atom stereocenters. The van der Waals surface area contributed by atoms with Crippen molar-refractivity contribution < 1.29 is 4.79 Å². The van der Waals surface area contributed by atoms with Crippen LogP contribution in [0, 0.1) is 6.92 Å². The molecule has 0 bridgehead atoms. The van der Waals surface area contributed by atoms with Gasteiger partial charge < -0.3 is 21.3 Å². The highest BCUT2D eigenvalue weighted by Crippen LogP contribution is 2.32. The van der Waals surface area contributed by atoms with Crippen molar-refractivity contribution in [3.05, 3.63) is 52.5 Å². The van der Waals surface area contributed by atoms with Crippen LogP contribution >= 0.6 is 23.7 Å². The van der Waals surface area contributed by atoms with Crippen LogP contribution in [0.15, 0.2) is 36.4 Å². The van der Waals surface area contributed by atoms with Crippen LogP contribution in [0.25, 0.3) is 10.2 Å². The second kappa shape index (κ2) is 9.64. The van der Waals surface area contributed by atoms with Crippen molar-refractivity contribution >= 4 is 51.2 Å². The van der Waals surface area contributed by atoms with Crippen molar-refractivity contribution in [3.8, 4) is 0 Å². The summed E-state index contributed by atoms with van der Waals surface area (Å²) in [6.45, 7) is 8.75. The van der Waals surface area contributed by atoms with Crippen molar-refractivity contribution in [1.82, 2.24) is 15.6 Å². The largest absolute Gasteiger partial charge is 0.397 e. The minimum absolute atomic E-state index is 0. The molecular weight excluding hydrogens is 418 g/mol. The van der Waals surface area contributed by atoms with Gasteiger partial charge in [0.15, 0.2) is 0 Å². The number of thiophene rings is 1. The molecule has 3 aromatic rings. The SMILES string of the molecule is Cc1ccc2c(N)c(C(=O)NC[C@H](C)c3ccc(N4CCNCC4)cc3)sc2n1.Cl. The van der Waals surface area contributed by atoms with Gasteiger partial charge in [-0.1, -0.05) is 19.1 Å². The molecule has 1 atom stereocenters. The van der Waals surface area contributed by atoms with Crippen LogP contribution in [-0.2, 0) is 0 Å². The van der Waals surface area contributed by atoms with E-state index in [4.69, 9.17) is 5.73 Å². The zero-order valence-corrected chi connectivity index (χ0v) is 18.9. The molecule has 4 rings (SSSR count). The Labute approximate surface area is 187 Å². The molecule has 1 aromatic carbocycles. The summed E-state index contributed by atoms with van der Waals surface area (Å²) in [6, 6.07) is 12.5. The molecule has 0 radical (unpaired) electrons. The maximum Gasteiger partial charge on any atom is 0.263 e. The van der Waals surface area contributed by atoms with Crippen molar-refractivity contribution in [3.63, 3.8) is 0 Å². The number of piperazine rings is 1. The standard InChI is InChI=1S/C22H27N5OS.ClH/c1-14(16-4-6-17(7-5-16)27-11-9-24-10-12-27)13-25-21(28)20-19(23)18-8-3-15(2)26-22(18)29-20;/h3-8,14,24H,9-13,23H2,1-2H3,(H,25,28);1H/t14-;/m0./s1. The summed E-state index contributed by atoms with van der Waals surface area (Å²) >= 11 is 1.35. The first-order valence-electron chi connectivity index (χ1n) is 10.0. The number of amides is 1. The van der Waals surface area contributed by atoms with E-state index < -0.39 is 0 Å². The monoisotopic (exact) mass is 445 g/mol.